The molecule has 0 saturated heterocycles. The minimum Gasteiger partial charge on any atom is 0 e. The van der Waals surface area contributed by atoms with Gasteiger partial charge in [-0.1, -0.05) is 0 Å². The molecule has 7 heavy (non-hydrogen) atoms. The Morgan fingerprint density at radius 1 is 0.571 bits per heavy atom. The van der Waals surface area contributed by atoms with E-state index in [1.54, 1.807) is 0 Å². The van der Waals surface area contributed by atoms with Gasteiger partial charge in [-0.3, -0.25) is 0 Å². The van der Waals surface area contributed by atoms with Crippen LogP contribution in [0.15, 0.2) is 0 Å². The second-order valence-corrected chi connectivity index (χ2v) is 0. The Hall–Kier alpha value is 3.05. The summed E-state index contributed by atoms with van der Waals surface area (Å²) in [6, 6.07) is 0. The SMILES string of the molecule is O.O.O.[BiH3].[BiH3].[Pt].[Ti]. The van der Waals surface area contributed by atoms with Crippen molar-refractivity contribution in [3.8, 4) is 0 Å². The minimum absolute atomic E-state index is 0. The third-order valence-corrected chi connectivity index (χ3v) is 0. The van der Waals surface area contributed by atoms with Crippen molar-refractivity contribution in [3.05, 3.63) is 0 Å². The molecule has 3 nitrogen and oxygen atoms in total. The van der Waals surface area contributed by atoms with Crippen molar-refractivity contribution < 1.29 is 59.2 Å². The van der Waals surface area contributed by atoms with Crippen LogP contribution >= 0.6 is 0 Å². The Morgan fingerprint density at radius 3 is 0.571 bits per heavy atom. The third-order valence-electron chi connectivity index (χ3n) is 0. The molecular formula is H12Bi2O3PtTi. The van der Waals surface area contributed by atoms with E-state index < -0.39 is 0 Å². The molecule has 0 amide bonds. The molecule has 0 aliphatic heterocycles. The summed E-state index contributed by atoms with van der Waals surface area (Å²) < 4.78 is 0. The molecule has 0 bridgehead atoms. The average Bonchev–Trinajstić information content (AvgIpc) is 0. The van der Waals surface area contributed by atoms with Gasteiger partial charge in [0.05, 0.1) is 0 Å². The van der Waals surface area contributed by atoms with Gasteiger partial charge >= 0.3 is 52.4 Å². The largest absolute Gasteiger partial charge is 0 e. The molecular weight excluding hydrogens is 709 g/mol. The molecule has 6 N–H and O–H groups in total. The summed E-state index contributed by atoms with van der Waals surface area (Å²) in [5.74, 6) is 0. The van der Waals surface area contributed by atoms with E-state index in [0.717, 1.165) is 0 Å². The molecule has 7 heteroatoms. The predicted octanol–water partition coefficient (Wildman–Crippen LogP) is -4.85. The van der Waals surface area contributed by atoms with Crippen molar-refractivity contribution in [2.75, 3.05) is 0 Å². The Kier molecular flexibility index (Phi) is 797. The smallest absolute Gasteiger partial charge is 0 e. The zero-order valence-corrected chi connectivity index (χ0v) is 18.6. The zero-order chi connectivity index (χ0) is 0. The fraction of sp³-hybridized carbons (Fsp3) is 0. The molecule has 0 rings (SSSR count). The fourth-order valence-corrected chi connectivity index (χ4v) is 0. The van der Waals surface area contributed by atoms with Gasteiger partial charge in [-0.25, -0.2) is 0 Å². The van der Waals surface area contributed by atoms with Gasteiger partial charge in [-0.2, -0.15) is 0 Å². The second kappa shape index (κ2) is 63.1. The molecule has 0 radical (unpaired) electrons. The topological polar surface area (TPSA) is 94.5 Å². The normalized spacial score (nSPS) is 0. The van der Waals surface area contributed by atoms with Crippen LogP contribution in [0, 0.1) is 0 Å². The first-order valence-electron chi connectivity index (χ1n) is 0. The van der Waals surface area contributed by atoms with Gasteiger partial charge in [0.1, 0.15) is 0 Å². The van der Waals surface area contributed by atoms with Crippen molar-refractivity contribution in [1.82, 2.24) is 0 Å². The van der Waals surface area contributed by atoms with Crippen LogP contribution < -0.4 is 0 Å². The van der Waals surface area contributed by atoms with Crippen LogP contribution in [0.5, 0.6) is 0 Å². The number of hydrogen-bond donors (Lipinski definition) is 0. The molecule has 0 aromatic carbocycles. The van der Waals surface area contributed by atoms with E-state index in [-0.39, 0.29) is 112 Å². The monoisotopic (exact) mass is 721 g/mol. The predicted molar refractivity (Wildman–Crippen MR) is 30.7 cm³/mol. The summed E-state index contributed by atoms with van der Waals surface area (Å²) in [5.41, 5.74) is 0. The molecule has 0 aromatic heterocycles. The van der Waals surface area contributed by atoms with E-state index in [1.807, 2.05) is 0 Å². The molecule has 0 aliphatic carbocycles. The van der Waals surface area contributed by atoms with Gasteiger partial charge in [-0.15, -0.1) is 0 Å². The Morgan fingerprint density at radius 2 is 0.571 bits per heavy atom. The average molecular weight is 721 g/mol. The van der Waals surface area contributed by atoms with E-state index in [2.05, 4.69) is 0 Å². The maximum Gasteiger partial charge on any atom is 0 e. The summed E-state index contributed by atoms with van der Waals surface area (Å²) in [6.45, 7) is 0. The number of hydrogen-bond acceptors (Lipinski definition) is 0. The van der Waals surface area contributed by atoms with Gasteiger partial charge in [-0.05, 0) is 0 Å². The van der Waals surface area contributed by atoms with E-state index in [1.165, 1.54) is 0 Å². The Labute approximate surface area is 110 Å². The van der Waals surface area contributed by atoms with Gasteiger partial charge in [0.25, 0.3) is 0 Å². The van der Waals surface area contributed by atoms with Gasteiger partial charge < -0.3 is 16.4 Å². The standard InChI is InChI=1S/2Bi.3H2O.Pt.Ti.6H/h;;3*1H2;;;;;;;;. The van der Waals surface area contributed by atoms with Crippen molar-refractivity contribution in [2.45, 2.75) is 0 Å². The first-order valence-corrected chi connectivity index (χ1v) is 0. The van der Waals surface area contributed by atoms with E-state index in [0.29, 0.717) is 0 Å². The van der Waals surface area contributed by atoms with Crippen LogP contribution in [-0.4, -0.2) is 68.8 Å². The molecule has 0 spiro atoms. The van der Waals surface area contributed by atoms with Gasteiger partial charge in [0, 0.05) is 42.8 Å². The summed E-state index contributed by atoms with van der Waals surface area (Å²) in [6.07, 6.45) is 0. The summed E-state index contributed by atoms with van der Waals surface area (Å²) in [5, 5.41) is 0. The van der Waals surface area contributed by atoms with E-state index in [9.17, 15) is 0 Å². The molecule has 0 aliphatic rings. The van der Waals surface area contributed by atoms with Gasteiger partial charge in [0.2, 0.25) is 0 Å². The van der Waals surface area contributed by atoms with Crippen molar-refractivity contribution in [3.63, 3.8) is 0 Å². The third kappa shape index (κ3) is 48.4. The molecule has 54 valence electrons. The van der Waals surface area contributed by atoms with Crippen LogP contribution in [0.4, 0.5) is 0 Å². The Bertz CT molecular complexity index is 12.9. The summed E-state index contributed by atoms with van der Waals surface area (Å²) in [4.78, 5) is 0. The quantitative estimate of drug-likeness (QED) is 0.225. The van der Waals surface area contributed by atoms with Crippen LogP contribution in [0.2, 0.25) is 0 Å². The number of rotatable bonds is 0. The first kappa shape index (κ1) is 88.5. The van der Waals surface area contributed by atoms with Crippen LogP contribution in [0.1, 0.15) is 0 Å². The maximum atomic E-state index is 0. The molecule has 0 saturated carbocycles. The van der Waals surface area contributed by atoms with Crippen LogP contribution in [-0.2, 0) is 42.8 Å². The van der Waals surface area contributed by atoms with Crippen LogP contribution in [0.25, 0.3) is 0 Å². The molecule has 0 atom stereocenters. The zero-order valence-electron chi connectivity index (χ0n) is 3.73. The molecule has 0 unspecified atom stereocenters. The van der Waals surface area contributed by atoms with E-state index in [4.69, 9.17) is 0 Å². The van der Waals surface area contributed by atoms with Crippen LogP contribution in [0.3, 0.4) is 0 Å². The summed E-state index contributed by atoms with van der Waals surface area (Å²) >= 11 is 0. The molecule has 0 heterocycles. The molecule has 0 fully saturated rings. The van der Waals surface area contributed by atoms with Crippen molar-refractivity contribution in [1.29, 1.82) is 0 Å². The van der Waals surface area contributed by atoms with E-state index >= 15 is 0 Å². The maximum absolute atomic E-state index is 0. The Balaban J connectivity index is 0. The minimum atomic E-state index is 0. The fourth-order valence-electron chi connectivity index (χ4n) is 0. The summed E-state index contributed by atoms with van der Waals surface area (Å²) in [7, 11) is 0. The van der Waals surface area contributed by atoms with Crippen molar-refractivity contribution in [2.24, 2.45) is 0 Å². The van der Waals surface area contributed by atoms with Gasteiger partial charge in [0.15, 0.2) is 0 Å². The molecule has 0 aromatic rings. The van der Waals surface area contributed by atoms with Crippen molar-refractivity contribution >= 4 is 52.4 Å². The first-order chi connectivity index (χ1) is 0. The second-order valence-electron chi connectivity index (χ2n) is 0.